The molecule has 0 unspecified atom stereocenters. The quantitative estimate of drug-likeness (QED) is 0.566. The Labute approximate surface area is 183 Å². The van der Waals surface area contributed by atoms with Crippen LogP contribution in [-0.4, -0.2) is 51.4 Å². The number of carbonyl (C=O) groups excluding carboxylic acids is 2. The van der Waals surface area contributed by atoms with Crippen LogP contribution in [-0.2, 0) is 9.59 Å². The Kier molecular flexibility index (Phi) is 6.17. The molecule has 3 aromatic rings. The van der Waals surface area contributed by atoms with Crippen LogP contribution in [0, 0.1) is 6.92 Å². The summed E-state index contributed by atoms with van der Waals surface area (Å²) in [6, 6.07) is 13.0. The van der Waals surface area contributed by atoms with Crippen LogP contribution in [0.2, 0.25) is 0 Å². The number of rotatable bonds is 7. The number of benzene rings is 2. The predicted molar refractivity (Wildman–Crippen MR) is 118 cm³/mol. The van der Waals surface area contributed by atoms with Crippen LogP contribution in [0.4, 0.5) is 11.4 Å². The van der Waals surface area contributed by atoms with Gasteiger partial charge in [-0.15, -0.1) is 5.10 Å². The zero-order valence-electron chi connectivity index (χ0n) is 17.2. The average Bonchev–Trinajstić information content (AvgIpc) is 3.41. The molecule has 2 heterocycles. The maximum Gasteiger partial charge on any atom is 0.234 e. The van der Waals surface area contributed by atoms with Crippen molar-refractivity contribution >= 4 is 35.0 Å². The summed E-state index contributed by atoms with van der Waals surface area (Å²) < 4.78 is 6.97. The van der Waals surface area contributed by atoms with Gasteiger partial charge in [-0.05, 0) is 65.7 Å². The molecular formula is C21H22N6O3S. The number of hydrogen-bond acceptors (Lipinski definition) is 7. The maximum absolute atomic E-state index is 12.4. The van der Waals surface area contributed by atoms with Crippen molar-refractivity contribution in [2.24, 2.45) is 0 Å². The zero-order valence-corrected chi connectivity index (χ0v) is 18.1. The first kappa shape index (κ1) is 20.9. The molecule has 0 spiro atoms. The highest BCUT2D eigenvalue weighted by molar-refractivity contribution is 7.99. The van der Waals surface area contributed by atoms with Crippen LogP contribution >= 0.6 is 11.8 Å². The van der Waals surface area contributed by atoms with Crippen molar-refractivity contribution in [1.82, 2.24) is 20.2 Å². The largest absolute Gasteiger partial charge is 0.494 e. The van der Waals surface area contributed by atoms with Crippen molar-refractivity contribution in [1.29, 1.82) is 0 Å². The minimum absolute atomic E-state index is 0.135. The fraction of sp³-hybridized carbons (Fsp3) is 0.286. The van der Waals surface area contributed by atoms with Gasteiger partial charge in [0.1, 0.15) is 11.4 Å². The van der Waals surface area contributed by atoms with Crippen LogP contribution in [0.15, 0.2) is 47.6 Å². The number of methoxy groups -OCH3 is 1. The number of ether oxygens (including phenoxy) is 1. The molecule has 1 saturated heterocycles. The van der Waals surface area contributed by atoms with Crippen molar-refractivity contribution in [2.45, 2.75) is 24.9 Å². The number of anilines is 2. The number of nitrogens with zero attached hydrogens (tertiary/aromatic N) is 5. The molecule has 1 aliphatic rings. The molecule has 1 aliphatic heterocycles. The first-order valence-electron chi connectivity index (χ1n) is 9.81. The van der Waals surface area contributed by atoms with E-state index in [9.17, 15) is 9.59 Å². The van der Waals surface area contributed by atoms with Gasteiger partial charge in [-0.1, -0.05) is 17.8 Å². The van der Waals surface area contributed by atoms with Gasteiger partial charge in [-0.2, -0.15) is 4.68 Å². The monoisotopic (exact) mass is 438 g/mol. The lowest BCUT2D eigenvalue weighted by molar-refractivity contribution is -0.117. The number of amides is 2. The lowest BCUT2D eigenvalue weighted by Gasteiger charge is -2.16. The van der Waals surface area contributed by atoms with Gasteiger partial charge in [-0.25, -0.2) is 0 Å². The Morgan fingerprint density at radius 3 is 2.74 bits per heavy atom. The number of nitrogens with one attached hydrogen (secondary N) is 1. The molecule has 0 bridgehead atoms. The Hall–Kier alpha value is -3.40. The predicted octanol–water partition coefficient (Wildman–Crippen LogP) is 2.84. The number of tetrazole rings is 1. The summed E-state index contributed by atoms with van der Waals surface area (Å²) >= 11 is 1.23. The summed E-state index contributed by atoms with van der Waals surface area (Å²) in [5.41, 5.74) is 3.27. The number of hydrogen-bond donors (Lipinski definition) is 1. The standard InChI is InChI=1S/C21H22N6O3S/c1-14-5-10-18(30-2)17(12-14)27-21(23-24-25-27)31-13-19(28)22-15-6-8-16(9-7-15)26-11-3-4-20(26)29/h5-10,12H,3-4,11,13H2,1-2H3,(H,22,28). The Morgan fingerprint density at radius 2 is 2.03 bits per heavy atom. The smallest absolute Gasteiger partial charge is 0.234 e. The first-order chi connectivity index (χ1) is 15.0. The van der Waals surface area contributed by atoms with Crippen molar-refractivity contribution in [2.75, 3.05) is 29.6 Å². The Bertz CT molecular complexity index is 1100. The highest BCUT2D eigenvalue weighted by Gasteiger charge is 2.21. The van der Waals surface area contributed by atoms with Crippen molar-refractivity contribution < 1.29 is 14.3 Å². The van der Waals surface area contributed by atoms with Gasteiger partial charge in [-0.3, -0.25) is 9.59 Å². The minimum Gasteiger partial charge on any atom is -0.494 e. The van der Waals surface area contributed by atoms with Gasteiger partial charge in [0.2, 0.25) is 17.0 Å². The van der Waals surface area contributed by atoms with Gasteiger partial charge in [0.15, 0.2) is 0 Å². The Morgan fingerprint density at radius 1 is 1.23 bits per heavy atom. The summed E-state index contributed by atoms with van der Waals surface area (Å²) in [5, 5.41) is 15.2. The highest BCUT2D eigenvalue weighted by atomic mass is 32.2. The molecular weight excluding hydrogens is 416 g/mol. The lowest BCUT2D eigenvalue weighted by atomic mass is 10.2. The van der Waals surface area contributed by atoms with E-state index >= 15 is 0 Å². The molecule has 0 radical (unpaired) electrons. The second-order valence-electron chi connectivity index (χ2n) is 7.08. The van der Waals surface area contributed by atoms with E-state index in [4.69, 9.17) is 4.74 Å². The molecule has 2 aromatic carbocycles. The van der Waals surface area contributed by atoms with Crippen LogP contribution in [0.3, 0.4) is 0 Å². The van der Waals surface area contributed by atoms with Crippen LogP contribution in [0.5, 0.6) is 5.75 Å². The van der Waals surface area contributed by atoms with Crippen molar-refractivity contribution in [3.8, 4) is 11.4 Å². The number of aryl methyl sites for hydroxylation is 1. The third kappa shape index (κ3) is 4.69. The average molecular weight is 439 g/mol. The van der Waals surface area contributed by atoms with E-state index in [0.29, 0.717) is 28.7 Å². The molecule has 9 nitrogen and oxygen atoms in total. The van der Waals surface area contributed by atoms with Crippen LogP contribution < -0.4 is 15.0 Å². The number of aromatic nitrogens is 4. The molecule has 0 aliphatic carbocycles. The van der Waals surface area contributed by atoms with Gasteiger partial charge in [0, 0.05) is 24.3 Å². The van der Waals surface area contributed by atoms with Crippen molar-refractivity contribution in [3.63, 3.8) is 0 Å². The van der Waals surface area contributed by atoms with E-state index in [-0.39, 0.29) is 17.6 Å². The third-order valence-electron chi connectivity index (χ3n) is 4.87. The molecule has 1 aromatic heterocycles. The van der Waals surface area contributed by atoms with Crippen molar-refractivity contribution in [3.05, 3.63) is 48.0 Å². The molecule has 160 valence electrons. The molecule has 0 atom stereocenters. The molecule has 31 heavy (non-hydrogen) atoms. The van der Waals surface area contributed by atoms with E-state index in [1.165, 1.54) is 11.8 Å². The molecule has 2 amide bonds. The minimum atomic E-state index is -0.180. The van der Waals surface area contributed by atoms with E-state index in [1.807, 2.05) is 37.3 Å². The summed E-state index contributed by atoms with van der Waals surface area (Å²) in [6.07, 6.45) is 1.46. The SMILES string of the molecule is COc1ccc(C)cc1-n1nnnc1SCC(=O)Nc1ccc(N2CCCC2=O)cc1. The number of thioether (sulfide) groups is 1. The van der Waals surface area contributed by atoms with Crippen LogP contribution in [0.25, 0.3) is 5.69 Å². The molecule has 1 N–H and O–H groups in total. The zero-order chi connectivity index (χ0) is 21.8. The second-order valence-corrected chi connectivity index (χ2v) is 8.02. The summed E-state index contributed by atoms with van der Waals surface area (Å²) in [7, 11) is 1.59. The molecule has 1 fully saturated rings. The molecule has 10 heteroatoms. The summed E-state index contributed by atoms with van der Waals surface area (Å²) in [4.78, 5) is 26.0. The van der Waals surface area contributed by atoms with Gasteiger partial charge in [0.05, 0.1) is 12.9 Å². The lowest BCUT2D eigenvalue weighted by Crippen LogP contribution is -2.23. The van der Waals surface area contributed by atoms with Gasteiger partial charge >= 0.3 is 0 Å². The normalized spacial score (nSPS) is 13.5. The second kappa shape index (κ2) is 9.17. The van der Waals surface area contributed by atoms with E-state index in [0.717, 1.165) is 24.2 Å². The topological polar surface area (TPSA) is 102 Å². The van der Waals surface area contributed by atoms with Crippen LogP contribution in [0.1, 0.15) is 18.4 Å². The molecule has 4 rings (SSSR count). The van der Waals surface area contributed by atoms with E-state index in [2.05, 4.69) is 20.8 Å². The maximum atomic E-state index is 12.4. The number of carbonyl (C=O) groups is 2. The summed E-state index contributed by atoms with van der Waals surface area (Å²) in [5.74, 6) is 0.735. The summed E-state index contributed by atoms with van der Waals surface area (Å²) in [6.45, 7) is 2.71. The molecule has 0 saturated carbocycles. The highest BCUT2D eigenvalue weighted by Crippen LogP contribution is 2.27. The van der Waals surface area contributed by atoms with Gasteiger partial charge in [0.25, 0.3) is 0 Å². The van der Waals surface area contributed by atoms with E-state index in [1.54, 1.807) is 28.8 Å². The fourth-order valence-corrected chi connectivity index (χ4v) is 4.04. The Balaban J connectivity index is 1.39. The van der Waals surface area contributed by atoms with Gasteiger partial charge < -0.3 is 15.0 Å². The third-order valence-corrected chi connectivity index (χ3v) is 5.79. The first-order valence-corrected chi connectivity index (χ1v) is 10.8. The fourth-order valence-electron chi connectivity index (χ4n) is 3.36. The van der Waals surface area contributed by atoms with E-state index < -0.39 is 0 Å².